The largest absolute Gasteiger partial charge is 0.500 e. The van der Waals surface area contributed by atoms with Crippen LogP contribution in [0.3, 0.4) is 0 Å². The van der Waals surface area contributed by atoms with Crippen molar-refractivity contribution in [2.45, 2.75) is 32.1 Å². The molecule has 5 nitrogen and oxygen atoms in total. The maximum Gasteiger partial charge on any atom is 0.203 e. The number of benzene rings is 1. The van der Waals surface area contributed by atoms with E-state index in [1.807, 2.05) is 12.1 Å². The molecule has 2 rings (SSSR count). The first-order chi connectivity index (χ1) is 11.7. The maximum atomic E-state index is 9.31. The molecule has 1 aromatic rings. The third kappa shape index (κ3) is 3.76. The van der Waals surface area contributed by atoms with E-state index in [9.17, 15) is 5.26 Å². The van der Waals surface area contributed by atoms with Crippen molar-refractivity contribution in [3.05, 3.63) is 29.0 Å². The van der Waals surface area contributed by atoms with Crippen molar-refractivity contribution in [3.63, 3.8) is 0 Å². The van der Waals surface area contributed by atoms with Crippen LogP contribution >= 0.6 is 0 Å². The maximum absolute atomic E-state index is 9.31. The van der Waals surface area contributed by atoms with Crippen LogP contribution < -0.4 is 14.2 Å². The van der Waals surface area contributed by atoms with Gasteiger partial charge in [-0.3, -0.25) is 0 Å². The number of aryl methyl sites for hydroxylation is 1. The molecular weight excluding hydrogens is 306 g/mol. The number of hydrogen-bond acceptors (Lipinski definition) is 5. The summed E-state index contributed by atoms with van der Waals surface area (Å²) in [7, 11) is 6.49. The van der Waals surface area contributed by atoms with Crippen molar-refractivity contribution >= 4 is 0 Å². The highest BCUT2D eigenvalue weighted by molar-refractivity contribution is 5.53. The highest BCUT2D eigenvalue weighted by Gasteiger charge is 2.26. The van der Waals surface area contributed by atoms with Gasteiger partial charge in [-0.2, -0.15) is 5.26 Å². The summed E-state index contributed by atoms with van der Waals surface area (Å²) >= 11 is 0. The van der Waals surface area contributed by atoms with Crippen LogP contribution in [0.4, 0.5) is 0 Å². The Hall–Kier alpha value is -2.35. The second-order valence-electron chi connectivity index (χ2n) is 5.81. The van der Waals surface area contributed by atoms with Crippen LogP contribution in [-0.2, 0) is 11.2 Å². The Morgan fingerprint density at radius 1 is 1.04 bits per heavy atom. The van der Waals surface area contributed by atoms with Crippen LogP contribution in [0, 0.1) is 17.2 Å². The SMILES string of the molecule is COC1=C(C#N)C(CCCc2cc(OC)c(OC)c(OC)c2)CC1. The smallest absolute Gasteiger partial charge is 0.203 e. The molecule has 0 bridgehead atoms. The highest BCUT2D eigenvalue weighted by atomic mass is 16.5. The van der Waals surface area contributed by atoms with Crippen molar-refractivity contribution in [2.24, 2.45) is 5.92 Å². The Bertz CT molecular complexity index is 620. The summed E-state index contributed by atoms with van der Waals surface area (Å²) < 4.78 is 21.4. The summed E-state index contributed by atoms with van der Waals surface area (Å²) in [5, 5.41) is 9.31. The van der Waals surface area contributed by atoms with E-state index in [0.717, 1.165) is 49.0 Å². The van der Waals surface area contributed by atoms with Crippen molar-refractivity contribution in [1.82, 2.24) is 0 Å². The van der Waals surface area contributed by atoms with E-state index in [1.54, 1.807) is 28.4 Å². The van der Waals surface area contributed by atoms with Crippen LogP contribution in [-0.4, -0.2) is 28.4 Å². The molecule has 0 heterocycles. The number of nitriles is 1. The Morgan fingerprint density at radius 2 is 1.71 bits per heavy atom. The van der Waals surface area contributed by atoms with Gasteiger partial charge in [-0.25, -0.2) is 0 Å². The predicted octanol–water partition coefficient (Wildman–Crippen LogP) is 3.87. The zero-order valence-electron chi connectivity index (χ0n) is 14.8. The monoisotopic (exact) mass is 331 g/mol. The standard InChI is InChI=1S/C19H25NO4/c1-21-16-9-8-14(15(16)12-20)7-5-6-13-10-17(22-2)19(24-4)18(11-13)23-3/h10-11,14H,5-9H2,1-4H3. The quantitative estimate of drug-likeness (QED) is 0.723. The minimum atomic E-state index is 0.312. The van der Waals surface area contributed by atoms with E-state index in [-0.39, 0.29) is 0 Å². The molecule has 1 atom stereocenters. The van der Waals surface area contributed by atoms with E-state index in [4.69, 9.17) is 18.9 Å². The van der Waals surface area contributed by atoms with Crippen LogP contribution in [0.2, 0.25) is 0 Å². The molecule has 1 aromatic carbocycles. The Morgan fingerprint density at radius 3 is 2.21 bits per heavy atom. The average molecular weight is 331 g/mol. The molecule has 0 N–H and O–H groups in total. The summed E-state index contributed by atoms with van der Waals surface area (Å²) in [4.78, 5) is 0. The summed E-state index contributed by atoms with van der Waals surface area (Å²) in [5.41, 5.74) is 1.96. The molecule has 1 aliphatic carbocycles. The van der Waals surface area contributed by atoms with Crippen molar-refractivity contribution in [2.75, 3.05) is 28.4 Å². The van der Waals surface area contributed by atoms with Gasteiger partial charge >= 0.3 is 0 Å². The molecule has 1 aliphatic rings. The lowest BCUT2D eigenvalue weighted by Gasteiger charge is -2.15. The molecule has 0 spiro atoms. The van der Waals surface area contributed by atoms with Gasteiger partial charge in [-0.05, 0) is 49.3 Å². The van der Waals surface area contributed by atoms with Gasteiger partial charge in [0.1, 0.15) is 5.76 Å². The molecule has 1 unspecified atom stereocenters. The Balaban J connectivity index is 2.03. The summed E-state index contributed by atoms with van der Waals surface area (Å²) in [6, 6.07) is 6.28. The molecule has 5 heteroatoms. The predicted molar refractivity (Wildman–Crippen MR) is 91.4 cm³/mol. The van der Waals surface area contributed by atoms with Gasteiger partial charge < -0.3 is 18.9 Å². The number of methoxy groups -OCH3 is 4. The first-order valence-corrected chi connectivity index (χ1v) is 8.14. The number of hydrogen-bond donors (Lipinski definition) is 0. The molecule has 0 aliphatic heterocycles. The van der Waals surface area contributed by atoms with Gasteiger partial charge in [0, 0.05) is 6.42 Å². The second-order valence-corrected chi connectivity index (χ2v) is 5.81. The van der Waals surface area contributed by atoms with Crippen molar-refractivity contribution in [3.8, 4) is 23.3 Å². The normalized spacial score (nSPS) is 16.7. The minimum absolute atomic E-state index is 0.312. The van der Waals surface area contributed by atoms with Gasteiger partial charge in [0.05, 0.1) is 40.1 Å². The van der Waals surface area contributed by atoms with Gasteiger partial charge in [-0.1, -0.05) is 0 Å². The lowest BCUT2D eigenvalue weighted by atomic mass is 9.94. The van der Waals surface area contributed by atoms with Gasteiger partial charge in [0.2, 0.25) is 5.75 Å². The first kappa shape index (κ1) is 18.0. The second kappa shape index (κ2) is 8.49. The van der Waals surface area contributed by atoms with Crippen molar-refractivity contribution in [1.29, 1.82) is 5.26 Å². The molecular formula is C19H25NO4. The van der Waals surface area contributed by atoms with Crippen LogP contribution in [0.5, 0.6) is 17.2 Å². The van der Waals surface area contributed by atoms with Gasteiger partial charge in [0.15, 0.2) is 11.5 Å². The first-order valence-electron chi connectivity index (χ1n) is 8.14. The van der Waals surface area contributed by atoms with E-state index in [0.29, 0.717) is 23.2 Å². The van der Waals surface area contributed by atoms with E-state index >= 15 is 0 Å². The number of nitrogens with zero attached hydrogens (tertiary/aromatic N) is 1. The fraction of sp³-hybridized carbons (Fsp3) is 0.526. The van der Waals surface area contributed by atoms with Crippen molar-refractivity contribution < 1.29 is 18.9 Å². The van der Waals surface area contributed by atoms with Gasteiger partial charge in [-0.15, -0.1) is 0 Å². The van der Waals surface area contributed by atoms with Crippen LogP contribution in [0.15, 0.2) is 23.5 Å². The lowest BCUT2D eigenvalue weighted by Crippen LogP contribution is -2.01. The average Bonchev–Trinajstić information content (AvgIpc) is 3.02. The van der Waals surface area contributed by atoms with E-state index in [1.165, 1.54) is 0 Å². The van der Waals surface area contributed by atoms with Crippen LogP contribution in [0.1, 0.15) is 31.2 Å². The molecule has 130 valence electrons. The van der Waals surface area contributed by atoms with Crippen LogP contribution in [0.25, 0.3) is 0 Å². The molecule has 24 heavy (non-hydrogen) atoms. The zero-order chi connectivity index (χ0) is 17.5. The topological polar surface area (TPSA) is 60.7 Å². The number of ether oxygens (including phenoxy) is 4. The summed E-state index contributed by atoms with van der Waals surface area (Å²) in [6.07, 6.45) is 4.74. The molecule has 0 saturated carbocycles. The van der Waals surface area contributed by atoms with Gasteiger partial charge in [0.25, 0.3) is 0 Å². The molecule has 0 fully saturated rings. The van der Waals surface area contributed by atoms with E-state index < -0.39 is 0 Å². The molecule has 0 saturated heterocycles. The Kier molecular flexibility index (Phi) is 6.36. The molecule has 0 radical (unpaired) electrons. The summed E-state index contributed by atoms with van der Waals surface area (Å²) in [6.45, 7) is 0. The fourth-order valence-corrected chi connectivity index (χ4v) is 3.30. The fourth-order valence-electron chi connectivity index (χ4n) is 3.30. The Labute approximate surface area is 143 Å². The zero-order valence-corrected chi connectivity index (χ0v) is 14.8. The number of allylic oxidation sites excluding steroid dienone is 2. The minimum Gasteiger partial charge on any atom is -0.500 e. The van der Waals surface area contributed by atoms with E-state index in [2.05, 4.69) is 6.07 Å². The third-order valence-electron chi connectivity index (χ3n) is 4.54. The highest BCUT2D eigenvalue weighted by Crippen LogP contribution is 2.39. The molecule has 0 aromatic heterocycles. The molecule has 0 amide bonds. The number of rotatable bonds is 8. The third-order valence-corrected chi connectivity index (χ3v) is 4.54. The lowest BCUT2D eigenvalue weighted by molar-refractivity contribution is 0.281. The summed E-state index contributed by atoms with van der Waals surface area (Å²) in [5.74, 6) is 3.13.